The molecule has 0 aromatic rings. The topological polar surface area (TPSA) is 52.6 Å². The Morgan fingerprint density at radius 1 is 0.917 bits per heavy atom. The van der Waals surface area contributed by atoms with Crippen LogP contribution in [0.5, 0.6) is 0 Å². The third-order valence-electron chi connectivity index (χ3n) is 4.52. The van der Waals surface area contributed by atoms with Crippen LogP contribution in [0.3, 0.4) is 0 Å². The third kappa shape index (κ3) is 8.51. The van der Waals surface area contributed by atoms with Gasteiger partial charge in [0.2, 0.25) is 0 Å². The van der Waals surface area contributed by atoms with Crippen molar-refractivity contribution in [1.82, 2.24) is 0 Å². The molecule has 1 rings (SSSR count). The van der Waals surface area contributed by atoms with Crippen molar-refractivity contribution < 1.29 is 19.1 Å². The van der Waals surface area contributed by atoms with Crippen molar-refractivity contribution in [1.29, 1.82) is 0 Å². The number of rotatable bonds is 11. The molecule has 0 aromatic heterocycles. The van der Waals surface area contributed by atoms with Crippen molar-refractivity contribution in [2.75, 3.05) is 0 Å². The first-order chi connectivity index (χ1) is 11.5. The maximum absolute atomic E-state index is 12.0. The van der Waals surface area contributed by atoms with Crippen molar-refractivity contribution in [2.45, 2.75) is 103 Å². The minimum absolute atomic E-state index is 0.160. The Kier molecular flexibility index (Phi) is 10.4. The van der Waals surface area contributed by atoms with E-state index < -0.39 is 5.97 Å². The van der Waals surface area contributed by atoms with Gasteiger partial charge in [0.05, 0.1) is 0 Å². The third-order valence-corrected chi connectivity index (χ3v) is 4.52. The molecule has 4 nitrogen and oxygen atoms in total. The minimum atomic E-state index is -0.393. The summed E-state index contributed by atoms with van der Waals surface area (Å²) in [6, 6.07) is 0. The fraction of sp³-hybridized carbons (Fsp3) is 0.800. The molecule has 138 valence electrons. The largest absolute Gasteiger partial charge is 0.458 e. The molecule has 1 aliphatic carbocycles. The number of hydrogen-bond donors (Lipinski definition) is 0. The molecule has 0 bridgehead atoms. The predicted molar refractivity (Wildman–Crippen MR) is 95.7 cm³/mol. The Hall–Kier alpha value is -1.32. The number of unbranched alkanes of at least 4 members (excludes halogenated alkanes) is 6. The standard InChI is InChI=1S/C20H34O4/c1-4-5-6-7-8-9-10-15-19(21)23-17-13-11-12-14-18(17)24-20(22)16(2)3/h17-18H,2,4-15H2,1,3H3. The van der Waals surface area contributed by atoms with Crippen LogP contribution in [-0.2, 0) is 19.1 Å². The van der Waals surface area contributed by atoms with Gasteiger partial charge in [-0.1, -0.05) is 52.0 Å². The summed E-state index contributed by atoms with van der Waals surface area (Å²) in [6.07, 6.45) is 11.6. The normalized spacial score (nSPS) is 20.4. The van der Waals surface area contributed by atoms with E-state index in [2.05, 4.69) is 13.5 Å². The lowest BCUT2D eigenvalue weighted by atomic mass is 9.94. The molecule has 0 radical (unpaired) electrons. The lowest BCUT2D eigenvalue weighted by Crippen LogP contribution is -2.37. The Bertz CT molecular complexity index is 402. The van der Waals surface area contributed by atoms with Gasteiger partial charge in [0.1, 0.15) is 12.2 Å². The number of ether oxygens (including phenoxy) is 2. The summed E-state index contributed by atoms with van der Waals surface area (Å²) in [5.74, 6) is -0.554. The number of carbonyl (C=O) groups excluding carboxylic acids is 2. The van der Waals surface area contributed by atoms with Gasteiger partial charge in [0.25, 0.3) is 0 Å². The van der Waals surface area contributed by atoms with Gasteiger partial charge in [0, 0.05) is 12.0 Å². The molecular weight excluding hydrogens is 304 g/mol. The number of esters is 2. The highest BCUT2D eigenvalue weighted by molar-refractivity contribution is 5.87. The van der Waals surface area contributed by atoms with Crippen molar-refractivity contribution in [2.24, 2.45) is 0 Å². The average molecular weight is 338 g/mol. The van der Waals surface area contributed by atoms with Crippen molar-refractivity contribution in [3.63, 3.8) is 0 Å². The maximum Gasteiger partial charge on any atom is 0.333 e. The molecule has 4 heteroatoms. The SMILES string of the molecule is C=C(C)C(=O)OC1CCCCC1OC(=O)CCCCCCCCC. The van der Waals surface area contributed by atoms with Gasteiger partial charge in [-0.25, -0.2) is 4.79 Å². The Morgan fingerprint density at radius 2 is 1.46 bits per heavy atom. The van der Waals surface area contributed by atoms with Crippen LogP contribution in [0.2, 0.25) is 0 Å². The van der Waals surface area contributed by atoms with Gasteiger partial charge in [-0.15, -0.1) is 0 Å². The second-order valence-corrected chi connectivity index (χ2v) is 6.91. The van der Waals surface area contributed by atoms with Gasteiger partial charge in [-0.2, -0.15) is 0 Å². The Morgan fingerprint density at radius 3 is 2.04 bits per heavy atom. The average Bonchev–Trinajstić information content (AvgIpc) is 2.55. The van der Waals surface area contributed by atoms with Crippen molar-refractivity contribution in [3.05, 3.63) is 12.2 Å². The minimum Gasteiger partial charge on any atom is -0.458 e. The molecule has 0 amide bonds. The summed E-state index contributed by atoms with van der Waals surface area (Å²) in [5, 5.41) is 0. The van der Waals surface area contributed by atoms with E-state index in [1.165, 1.54) is 32.1 Å². The van der Waals surface area contributed by atoms with Gasteiger partial charge in [0.15, 0.2) is 0 Å². The van der Waals surface area contributed by atoms with Crippen LogP contribution in [0.4, 0.5) is 0 Å². The Balaban J connectivity index is 2.25. The monoisotopic (exact) mass is 338 g/mol. The second kappa shape index (κ2) is 12.1. The summed E-state index contributed by atoms with van der Waals surface area (Å²) >= 11 is 0. The van der Waals surface area contributed by atoms with E-state index in [0.717, 1.165) is 38.5 Å². The molecule has 0 aromatic carbocycles. The molecule has 0 aliphatic heterocycles. The fourth-order valence-corrected chi connectivity index (χ4v) is 3.02. The highest BCUT2D eigenvalue weighted by atomic mass is 16.6. The summed E-state index contributed by atoms with van der Waals surface area (Å²) in [4.78, 5) is 23.7. The lowest BCUT2D eigenvalue weighted by molar-refractivity contribution is -0.169. The zero-order valence-corrected chi connectivity index (χ0v) is 15.5. The molecule has 1 aliphatic rings. The van der Waals surface area contributed by atoms with E-state index in [1.54, 1.807) is 6.92 Å². The van der Waals surface area contributed by atoms with E-state index in [0.29, 0.717) is 12.0 Å². The van der Waals surface area contributed by atoms with Crippen LogP contribution in [0.1, 0.15) is 90.9 Å². The van der Waals surface area contributed by atoms with Gasteiger partial charge < -0.3 is 9.47 Å². The van der Waals surface area contributed by atoms with E-state index >= 15 is 0 Å². The molecule has 0 saturated heterocycles. The predicted octanol–water partition coefficient (Wildman–Crippen LogP) is 5.10. The number of hydrogen-bond acceptors (Lipinski definition) is 4. The van der Waals surface area contributed by atoms with Crippen LogP contribution in [-0.4, -0.2) is 24.1 Å². The highest BCUT2D eigenvalue weighted by Crippen LogP contribution is 2.25. The van der Waals surface area contributed by atoms with E-state index in [-0.39, 0.29) is 18.2 Å². The van der Waals surface area contributed by atoms with E-state index in [9.17, 15) is 9.59 Å². The molecular formula is C20H34O4. The summed E-state index contributed by atoms with van der Waals surface area (Å²) in [5.41, 5.74) is 0.383. The molecule has 1 fully saturated rings. The fourth-order valence-electron chi connectivity index (χ4n) is 3.02. The van der Waals surface area contributed by atoms with Crippen LogP contribution < -0.4 is 0 Å². The molecule has 0 N–H and O–H groups in total. The zero-order chi connectivity index (χ0) is 17.8. The quantitative estimate of drug-likeness (QED) is 0.299. The lowest BCUT2D eigenvalue weighted by Gasteiger charge is -2.30. The molecule has 24 heavy (non-hydrogen) atoms. The highest BCUT2D eigenvalue weighted by Gasteiger charge is 2.31. The van der Waals surface area contributed by atoms with Crippen LogP contribution >= 0.6 is 0 Å². The zero-order valence-electron chi connectivity index (χ0n) is 15.5. The van der Waals surface area contributed by atoms with E-state index in [4.69, 9.17) is 9.47 Å². The molecule has 1 saturated carbocycles. The van der Waals surface area contributed by atoms with Crippen molar-refractivity contribution in [3.8, 4) is 0 Å². The van der Waals surface area contributed by atoms with Crippen LogP contribution in [0, 0.1) is 0 Å². The smallest absolute Gasteiger partial charge is 0.333 e. The van der Waals surface area contributed by atoms with Gasteiger partial charge in [-0.05, 0) is 39.0 Å². The molecule has 2 atom stereocenters. The first kappa shape index (κ1) is 20.7. The summed E-state index contributed by atoms with van der Waals surface area (Å²) < 4.78 is 11.0. The molecule has 2 unspecified atom stereocenters. The van der Waals surface area contributed by atoms with E-state index in [1.807, 2.05) is 0 Å². The van der Waals surface area contributed by atoms with Gasteiger partial charge >= 0.3 is 11.9 Å². The van der Waals surface area contributed by atoms with Crippen molar-refractivity contribution >= 4 is 11.9 Å². The molecule has 0 spiro atoms. The van der Waals surface area contributed by atoms with Crippen LogP contribution in [0.15, 0.2) is 12.2 Å². The summed E-state index contributed by atoms with van der Waals surface area (Å²) in [6.45, 7) is 7.44. The summed E-state index contributed by atoms with van der Waals surface area (Å²) in [7, 11) is 0. The first-order valence-corrected chi connectivity index (χ1v) is 9.60. The first-order valence-electron chi connectivity index (χ1n) is 9.60. The number of carbonyl (C=O) groups is 2. The van der Waals surface area contributed by atoms with Gasteiger partial charge in [-0.3, -0.25) is 4.79 Å². The molecule has 0 heterocycles. The second-order valence-electron chi connectivity index (χ2n) is 6.91. The maximum atomic E-state index is 12.0. The Labute approximate surface area is 147 Å². The van der Waals surface area contributed by atoms with Crippen LogP contribution in [0.25, 0.3) is 0 Å².